The van der Waals surface area contributed by atoms with Crippen LogP contribution < -0.4 is 5.32 Å². The Bertz CT molecular complexity index is 628. The molecule has 0 aliphatic heterocycles. The Labute approximate surface area is 117 Å². The third kappa shape index (κ3) is 2.90. The maximum absolute atomic E-state index is 11.1. The van der Waals surface area contributed by atoms with Gasteiger partial charge in [-0.2, -0.15) is 0 Å². The average molecular weight is 272 g/mol. The van der Waals surface area contributed by atoms with Gasteiger partial charge in [0.05, 0.1) is 10.5 Å². The van der Waals surface area contributed by atoms with Crippen molar-refractivity contribution in [2.24, 2.45) is 0 Å². The Balaban J connectivity index is 2.57. The quantitative estimate of drug-likeness (QED) is 0.668. The van der Waals surface area contributed by atoms with Gasteiger partial charge in [0.15, 0.2) is 5.82 Å². The van der Waals surface area contributed by atoms with Crippen LogP contribution in [0.5, 0.6) is 0 Å². The van der Waals surface area contributed by atoms with Gasteiger partial charge < -0.3 is 5.32 Å². The summed E-state index contributed by atoms with van der Waals surface area (Å²) in [6, 6.07) is 8.38. The van der Waals surface area contributed by atoms with Crippen molar-refractivity contribution in [2.75, 3.05) is 11.9 Å². The number of benzene rings is 1. The molecule has 2 rings (SSSR count). The number of nitrogens with one attached hydrogen (secondary N) is 1. The molecule has 0 atom stereocenters. The second-order valence-electron chi connectivity index (χ2n) is 4.23. The van der Waals surface area contributed by atoms with Gasteiger partial charge in [0.2, 0.25) is 0 Å². The first-order chi connectivity index (χ1) is 9.65. The number of nitro groups is 1. The fourth-order valence-corrected chi connectivity index (χ4v) is 1.89. The van der Waals surface area contributed by atoms with Crippen molar-refractivity contribution in [2.45, 2.75) is 20.3 Å². The summed E-state index contributed by atoms with van der Waals surface area (Å²) in [5, 5.41) is 14.2. The Morgan fingerprint density at radius 1 is 1.25 bits per heavy atom. The van der Waals surface area contributed by atoms with Gasteiger partial charge in [0, 0.05) is 24.4 Å². The largest absolute Gasteiger partial charge is 0.370 e. The summed E-state index contributed by atoms with van der Waals surface area (Å²) in [6.45, 7) is 4.69. The molecule has 0 amide bonds. The maximum Gasteiger partial charge on any atom is 0.280 e. The van der Waals surface area contributed by atoms with E-state index in [1.54, 1.807) is 18.2 Å². The summed E-state index contributed by atoms with van der Waals surface area (Å²) in [6.07, 6.45) is 0.745. The van der Waals surface area contributed by atoms with Gasteiger partial charge >= 0.3 is 0 Å². The number of hydrogen-bond acceptors (Lipinski definition) is 5. The number of aryl methyl sites for hydroxylation is 1. The lowest BCUT2D eigenvalue weighted by molar-refractivity contribution is -0.384. The molecule has 104 valence electrons. The lowest BCUT2D eigenvalue weighted by atomic mass is 10.1. The molecule has 0 saturated carbocycles. The van der Waals surface area contributed by atoms with Crippen LogP contribution in [0.4, 0.5) is 11.5 Å². The summed E-state index contributed by atoms with van der Waals surface area (Å²) >= 11 is 0. The molecular weight excluding hydrogens is 256 g/mol. The van der Waals surface area contributed by atoms with E-state index in [9.17, 15) is 10.1 Å². The zero-order chi connectivity index (χ0) is 14.5. The zero-order valence-electron chi connectivity index (χ0n) is 11.5. The Morgan fingerprint density at radius 3 is 2.65 bits per heavy atom. The second kappa shape index (κ2) is 6.10. The molecule has 6 nitrogen and oxygen atoms in total. The maximum atomic E-state index is 11.1. The van der Waals surface area contributed by atoms with Crippen LogP contribution in [0.1, 0.15) is 19.5 Å². The number of anilines is 1. The highest BCUT2D eigenvalue weighted by Crippen LogP contribution is 2.27. The Hall–Kier alpha value is -2.50. The highest BCUT2D eigenvalue weighted by atomic mass is 16.6. The first-order valence-corrected chi connectivity index (χ1v) is 6.51. The van der Waals surface area contributed by atoms with E-state index in [4.69, 9.17) is 0 Å². The van der Waals surface area contributed by atoms with Crippen LogP contribution in [0, 0.1) is 10.1 Å². The van der Waals surface area contributed by atoms with E-state index in [0.717, 1.165) is 18.7 Å². The topological polar surface area (TPSA) is 81.0 Å². The van der Waals surface area contributed by atoms with Crippen LogP contribution in [-0.2, 0) is 6.42 Å². The molecule has 6 heteroatoms. The molecule has 0 aliphatic rings. The van der Waals surface area contributed by atoms with Gasteiger partial charge in [-0.1, -0.05) is 19.1 Å². The predicted molar refractivity (Wildman–Crippen MR) is 77.7 cm³/mol. The highest BCUT2D eigenvalue weighted by Gasteiger charge is 2.17. The summed E-state index contributed by atoms with van der Waals surface area (Å²) in [4.78, 5) is 19.4. The van der Waals surface area contributed by atoms with Gasteiger partial charge in [0.1, 0.15) is 5.82 Å². The third-order valence-electron chi connectivity index (χ3n) is 2.84. The van der Waals surface area contributed by atoms with E-state index in [0.29, 0.717) is 17.2 Å². The molecular formula is C14H16N4O2. The lowest BCUT2D eigenvalue weighted by Crippen LogP contribution is -2.04. The van der Waals surface area contributed by atoms with Crippen molar-refractivity contribution in [3.63, 3.8) is 0 Å². The monoisotopic (exact) mass is 272 g/mol. The molecule has 0 aliphatic carbocycles. The predicted octanol–water partition coefficient (Wildman–Crippen LogP) is 3.05. The van der Waals surface area contributed by atoms with Gasteiger partial charge in [-0.3, -0.25) is 10.1 Å². The van der Waals surface area contributed by atoms with E-state index in [1.165, 1.54) is 6.07 Å². The number of aromatic nitrogens is 2. The molecule has 0 saturated heterocycles. The van der Waals surface area contributed by atoms with Crippen molar-refractivity contribution >= 4 is 11.5 Å². The number of nitro benzene ring substituents is 1. The van der Waals surface area contributed by atoms with E-state index < -0.39 is 4.92 Å². The minimum absolute atomic E-state index is 0.0169. The van der Waals surface area contributed by atoms with Crippen molar-refractivity contribution in [1.29, 1.82) is 0 Å². The normalized spacial score (nSPS) is 10.3. The number of rotatable bonds is 5. The standard InChI is InChI=1S/C14H16N4O2/c1-3-10-9-13(15-4-2)17-14(16-10)11-7-5-6-8-12(11)18(19)20/h5-9H,3-4H2,1-2H3,(H,15,16,17). The lowest BCUT2D eigenvalue weighted by Gasteiger charge is -2.08. The van der Waals surface area contributed by atoms with Gasteiger partial charge in [0.25, 0.3) is 5.69 Å². The van der Waals surface area contributed by atoms with Crippen LogP contribution in [0.2, 0.25) is 0 Å². The van der Waals surface area contributed by atoms with E-state index >= 15 is 0 Å². The van der Waals surface area contributed by atoms with Crippen LogP contribution in [-0.4, -0.2) is 21.4 Å². The average Bonchev–Trinajstić information content (AvgIpc) is 2.47. The number of para-hydroxylation sites is 1. The van der Waals surface area contributed by atoms with Crippen LogP contribution in [0.3, 0.4) is 0 Å². The summed E-state index contributed by atoms with van der Waals surface area (Å²) in [5.41, 5.74) is 1.30. The molecule has 20 heavy (non-hydrogen) atoms. The number of nitrogens with zero attached hydrogens (tertiary/aromatic N) is 3. The second-order valence-corrected chi connectivity index (χ2v) is 4.23. The first kappa shape index (κ1) is 13.9. The molecule has 1 aromatic heterocycles. The molecule has 0 bridgehead atoms. The molecule has 1 aromatic carbocycles. The van der Waals surface area contributed by atoms with E-state index in [1.807, 2.05) is 19.9 Å². The molecule has 0 radical (unpaired) electrons. The summed E-state index contributed by atoms with van der Waals surface area (Å²) in [5.74, 6) is 1.07. The number of hydrogen-bond donors (Lipinski definition) is 1. The molecule has 2 aromatic rings. The molecule has 1 heterocycles. The fourth-order valence-electron chi connectivity index (χ4n) is 1.89. The van der Waals surface area contributed by atoms with Crippen LogP contribution >= 0.6 is 0 Å². The van der Waals surface area contributed by atoms with Gasteiger partial charge in [-0.15, -0.1) is 0 Å². The molecule has 1 N–H and O–H groups in total. The zero-order valence-corrected chi connectivity index (χ0v) is 11.5. The first-order valence-electron chi connectivity index (χ1n) is 6.51. The van der Waals surface area contributed by atoms with Crippen molar-refractivity contribution in [3.8, 4) is 11.4 Å². The van der Waals surface area contributed by atoms with Gasteiger partial charge in [-0.25, -0.2) is 9.97 Å². The highest BCUT2D eigenvalue weighted by molar-refractivity contribution is 5.68. The van der Waals surface area contributed by atoms with Crippen molar-refractivity contribution < 1.29 is 4.92 Å². The molecule has 0 fully saturated rings. The van der Waals surface area contributed by atoms with E-state index in [-0.39, 0.29) is 5.69 Å². The molecule has 0 unspecified atom stereocenters. The smallest absolute Gasteiger partial charge is 0.280 e. The Morgan fingerprint density at radius 2 is 2.00 bits per heavy atom. The minimum atomic E-state index is -0.412. The SMILES string of the molecule is CCNc1cc(CC)nc(-c2ccccc2[N+](=O)[O-])n1. The summed E-state index contributed by atoms with van der Waals surface area (Å²) in [7, 11) is 0. The van der Waals surface area contributed by atoms with Crippen molar-refractivity contribution in [1.82, 2.24) is 9.97 Å². The van der Waals surface area contributed by atoms with E-state index in [2.05, 4.69) is 15.3 Å². The van der Waals surface area contributed by atoms with Gasteiger partial charge in [-0.05, 0) is 19.4 Å². The Kier molecular flexibility index (Phi) is 4.24. The molecule has 0 spiro atoms. The van der Waals surface area contributed by atoms with Crippen LogP contribution in [0.15, 0.2) is 30.3 Å². The fraction of sp³-hybridized carbons (Fsp3) is 0.286. The third-order valence-corrected chi connectivity index (χ3v) is 2.84. The summed E-state index contributed by atoms with van der Waals surface area (Å²) < 4.78 is 0. The van der Waals surface area contributed by atoms with Crippen LogP contribution in [0.25, 0.3) is 11.4 Å². The van der Waals surface area contributed by atoms with Crippen molar-refractivity contribution in [3.05, 3.63) is 46.1 Å². The minimum Gasteiger partial charge on any atom is -0.370 e.